The van der Waals surface area contributed by atoms with Gasteiger partial charge in [0.1, 0.15) is 11.9 Å². The lowest BCUT2D eigenvalue weighted by Crippen LogP contribution is -2.28. The molecule has 0 amide bonds. The van der Waals surface area contributed by atoms with Gasteiger partial charge in [0.2, 0.25) is 0 Å². The third-order valence-electron chi connectivity index (χ3n) is 3.80. The summed E-state index contributed by atoms with van der Waals surface area (Å²) in [5.74, 6) is 1.72. The van der Waals surface area contributed by atoms with Crippen molar-refractivity contribution in [3.63, 3.8) is 0 Å². The van der Waals surface area contributed by atoms with Gasteiger partial charge in [0.25, 0.3) is 0 Å². The molecule has 1 aliphatic heterocycles. The van der Waals surface area contributed by atoms with Crippen molar-refractivity contribution in [1.82, 2.24) is 5.32 Å². The highest BCUT2D eigenvalue weighted by Gasteiger charge is 2.17. The van der Waals surface area contributed by atoms with Crippen molar-refractivity contribution in [1.29, 1.82) is 0 Å². The number of hydrogen-bond acceptors (Lipinski definition) is 3. The molecule has 1 aliphatic rings. The fourth-order valence-corrected chi connectivity index (χ4v) is 2.80. The molecular formula is C18H29NO2. The number of rotatable bonds is 6. The van der Waals surface area contributed by atoms with E-state index in [1.807, 2.05) is 0 Å². The molecule has 3 heteroatoms. The van der Waals surface area contributed by atoms with Crippen LogP contribution in [0.15, 0.2) is 12.1 Å². The van der Waals surface area contributed by atoms with E-state index < -0.39 is 0 Å². The predicted octanol–water partition coefficient (Wildman–Crippen LogP) is 3.61. The third-order valence-corrected chi connectivity index (χ3v) is 3.80. The zero-order valence-corrected chi connectivity index (χ0v) is 13.9. The Kier molecular flexibility index (Phi) is 6.07. The van der Waals surface area contributed by atoms with Crippen molar-refractivity contribution in [2.24, 2.45) is 5.92 Å². The maximum absolute atomic E-state index is 6.17. The first-order chi connectivity index (χ1) is 10.1. The average Bonchev–Trinajstić information content (AvgIpc) is 2.44. The molecule has 1 aromatic carbocycles. The van der Waals surface area contributed by atoms with E-state index in [0.29, 0.717) is 5.92 Å². The third kappa shape index (κ3) is 5.01. The van der Waals surface area contributed by atoms with Gasteiger partial charge in [0.05, 0.1) is 6.61 Å². The molecular weight excluding hydrogens is 262 g/mol. The Morgan fingerprint density at radius 1 is 1.29 bits per heavy atom. The standard InChI is InChI=1S/C18H29NO2/c1-13(2)10-19-11-16-8-14(3)18(15(4)9-16)21-17-6-5-7-20-12-17/h8-9,13,17,19H,5-7,10-12H2,1-4H3. The Labute approximate surface area is 129 Å². The van der Waals surface area contributed by atoms with E-state index in [2.05, 4.69) is 45.1 Å². The van der Waals surface area contributed by atoms with Crippen LogP contribution in [-0.4, -0.2) is 25.9 Å². The van der Waals surface area contributed by atoms with Gasteiger partial charge in [-0.3, -0.25) is 0 Å². The van der Waals surface area contributed by atoms with Crippen molar-refractivity contribution in [3.05, 3.63) is 28.8 Å². The molecule has 0 aromatic heterocycles. The molecule has 1 fully saturated rings. The van der Waals surface area contributed by atoms with Crippen LogP contribution in [-0.2, 0) is 11.3 Å². The van der Waals surface area contributed by atoms with Crippen molar-refractivity contribution < 1.29 is 9.47 Å². The molecule has 1 unspecified atom stereocenters. The lowest BCUT2D eigenvalue weighted by atomic mass is 10.0. The van der Waals surface area contributed by atoms with Gasteiger partial charge in [-0.05, 0) is 55.8 Å². The highest BCUT2D eigenvalue weighted by Crippen LogP contribution is 2.27. The fourth-order valence-electron chi connectivity index (χ4n) is 2.80. The monoisotopic (exact) mass is 291 g/mol. The summed E-state index contributed by atoms with van der Waals surface area (Å²) in [6.45, 7) is 12.3. The highest BCUT2D eigenvalue weighted by atomic mass is 16.5. The Morgan fingerprint density at radius 2 is 2.00 bits per heavy atom. The molecule has 0 aliphatic carbocycles. The Morgan fingerprint density at radius 3 is 2.57 bits per heavy atom. The maximum Gasteiger partial charge on any atom is 0.125 e. The summed E-state index contributed by atoms with van der Waals surface area (Å²) in [6.07, 6.45) is 2.40. The van der Waals surface area contributed by atoms with Crippen molar-refractivity contribution >= 4 is 0 Å². The molecule has 1 N–H and O–H groups in total. The minimum Gasteiger partial charge on any atom is -0.487 e. The molecule has 1 saturated heterocycles. The van der Waals surface area contributed by atoms with Gasteiger partial charge in [-0.25, -0.2) is 0 Å². The lowest BCUT2D eigenvalue weighted by molar-refractivity contribution is 0.00687. The second-order valence-corrected chi connectivity index (χ2v) is 6.54. The van der Waals surface area contributed by atoms with Gasteiger partial charge < -0.3 is 14.8 Å². The first-order valence-corrected chi connectivity index (χ1v) is 8.11. The molecule has 118 valence electrons. The number of nitrogens with one attached hydrogen (secondary N) is 1. The normalized spacial score (nSPS) is 19.0. The lowest BCUT2D eigenvalue weighted by Gasteiger charge is -2.25. The van der Waals surface area contributed by atoms with Crippen LogP contribution < -0.4 is 10.1 Å². The number of aryl methyl sites for hydroxylation is 2. The quantitative estimate of drug-likeness (QED) is 0.868. The van der Waals surface area contributed by atoms with Gasteiger partial charge >= 0.3 is 0 Å². The van der Waals surface area contributed by atoms with Crippen molar-refractivity contribution in [2.75, 3.05) is 19.8 Å². The molecule has 2 rings (SSSR count). The Bertz CT molecular complexity index is 428. The SMILES string of the molecule is Cc1cc(CNCC(C)C)cc(C)c1OC1CCCOC1. The number of benzene rings is 1. The smallest absolute Gasteiger partial charge is 0.125 e. The molecule has 0 radical (unpaired) electrons. The summed E-state index contributed by atoms with van der Waals surface area (Å²) in [5.41, 5.74) is 3.78. The van der Waals surface area contributed by atoms with E-state index >= 15 is 0 Å². The van der Waals surface area contributed by atoms with Crippen molar-refractivity contribution in [3.8, 4) is 5.75 Å². The average molecular weight is 291 g/mol. The predicted molar refractivity (Wildman–Crippen MR) is 86.9 cm³/mol. The first-order valence-electron chi connectivity index (χ1n) is 8.11. The summed E-state index contributed by atoms with van der Waals surface area (Å²) in [7, 11) is 0. The van der Waals surface area contributed by atoms with Crippen LogP contribution in [0.3, 0.4) is 0 Å². The minimum atomic E-state index is 0.209. The van der Waals surface area contributed by atoms with Gasteiger partial charge in [-0.2, -0.15) is 0 Å². The molecule has 0 spiro atoms. The second kappa shape index (κ2) is 7.81. The van der Waals surface area contributed by atoms with Crippen LogP contribution >= 0.6 is 0 Å². The highest BCUT2D eigenvalue weighted by molar-refractivity contribution is 5.43. The Hall–Kier alpha value is -1.06. The van der Waals surface area contributed by atoms with Gasteiger partial charge in [-0.15, -0.1) is 0 Å². The largest absolute Gasteiger partial charge is 0.487 e. The fraction of sp³-hybridized carbons (Fsp3) is 0.667. The summed E-state index contributed by atoms with van der Waals surface area (Å²) < 4.78 is 11.7. The molecule has 21 heavy (non-hydrogen) atoms. The summed E-state index contributed by atoms with van der Waals surface area (Å²) in [4.78, 5) is 0. The van der Waals surface area contributed by atoms with Crippen molar-refractivity contribution in [2.45, 2.75) is 53.2 Å². The van der Waals surface area contributed by atoms with E-state index in [1.54, 1.807) is 0 Å². The summed E-state index contributed by atoms with van der Waals surface area (Å²) in [6, 6.07) is 4.47. The van der Waals surface area contributed by atoms with Crippen LogP contribution in [0.1, 0.15) is 43.4 Å². The van der Waals surface area contributed by atoms with Crippen LogP contribution in [0.2, 0.25) is 0 Å². The number of hydrogen-bond donors (Lipinski definition) is 1. The Balaban J connectivity index is 1.99. The molecule has 1 aromatic rings. The summed E-state index contributed by atoms with van der Waals surface area (Å²) >= 11 is 0. The molecule has 0 bridgehead atoms. The topological polar surface area (TPSA) is 30.5 Å². The molecule has 1 heterocycles. The summed E-state index contributed by atoms with van der Waals surface area (Å²) in [5, 5.41) is 3.50. The van der Waals surface area contributed by atoms with Crippen LogP contribution in [0.5, 0.6) is 5.75 Å². The van der Waals surface area contributed by atoms with Crippen LogP contribution in [0, 0.1) is 19.8 Å². The van der Waals surface area contributed by atoms with Gasteiger partial charge in [-0.1, -0.05) is 26.0 Å². The van der Waals surface area contributed by atoms with Crippen LogP contribution in [0.25, 0.3) is 0 Å². The second-order valence-electron chi connectivity index (χ2n) is 6.54. The van der Waals surface area contributed by atoms with Crippen LogP contribution in [0.4, 0.5) is 0 Å². The van der Waals surface area contributed by atoms with E-state index in [4.69, 9.17) is 9.47 Å². The molecule has 3 nitrogen and oxygen atoms in total. The number of ether oxygens (including phenoxy) is 2. The molecule has 1 atom stereocenters. The zero-order chi connectivity index (χ0) is 15.2. The van der Waals surface area contributed by atoms with Gasteiger partial charge in [0.15, 0.2) is 0 Å². The van der Waals surface area contributed by atoms with E-state index in [1.165, 1.54) is 16.7 Å². The van der Waals surface area contributed by atoms with E-state index in [0.717, 1.165) is 44.9 Å². The minimum absolute atomic E-state index is 0.209. The van der Waals surface area contributed by atoms with E-state index in [-0.39, 0.29) is 6.10 Å². The van der Waals surface area contributed by atoms with E-state index in [9.17, 15) is 0 Å². The molecule has 0 saturated carbocycles. The maximum atomic E-state index is 6.17. The zero-order valence-electron chi connectivity index (χ0n) is 13.9. The first kappa shape index (κ1) is 16.3. The van der Waals surface area contributed by atoms with Gasteiger partial charge in [0, 0.05) is 13.2 Å².